The standard InChI is InChI=1S/C11H24N2/c1-10(2)5-4-6-11-9-13(3)8-7-12-11/h10-12H,4-9H2,1-3H3. The lowest BCUT2D eigenvalue weighted by molar-refractivity contribution is 0.228. The second-order valence-corrected chi connectivity index (χ2v) is 4.74. The second-order valence-electron chi connectivity index (χ2n) is 4.74. The van der Waals surface area contributed by atoms with Gasteiger partial charge in [0.05, 0.1) is 0 Å². The maximum absolute atomic E-state index is 3.58. The molecule has 2 nitrogen and oxygen atoms in total. The molecule has 78 valence electrons. The molecule has 1 rings (SSSR count). The Morgan fingerprint density at radius 2 is 2.23 bits per heavy atom. The van der Waals surface area contributed by atoms with Gasteiger partial charge in [0.2, 0.25) is 0 Å². The van der Waals surface area contributed by atoms with Gasteiger partial charge >= 0.3 is 0 Å². The fourth-order valence-corrected chi connectivity index (χ4v) is 1.96. The van der Waals surface area contributed by atoms with E-state index in [2.05, 4.69) is 31.1 Å². The number of piperazine rings is 1. The molecule has 0 radical (unpaired) electrons. The lowest BCUT2D eigenvalue weighted by Gasteiger charge is -2.31. The Morgan fingerprint density at radius 3 is 2.85 bits per heavy atom. The lowest BCUT2D eigenvalue weighted by atomic mass is 10.0. The molecular formula is C11H24N2. The molecule has 0 spiro atoms. The Bertz CT molecular complexity index is 134. The highest BCUT2D eigenvalue weighted by Gasteiger charge is 2.15. The molecule has 0 bridgehead atoms. The molecule has 0 amide bonds. The van der Waals surface area contributed by atoms with Crippen molar-refractivity contribution < 1.29 is 0 Å². The van der Waals surface area contributed by atoms with Crippen molar-refractivity contribution in [3.8, 4) is 0 Å². The van der Waals surface area contributed by atoms with Gasteiger partial charge in [-0.15, -0.1) is 0 Å². The summed E-state index contributed by atoms with van der Waals surface area (Å²) in [5.74, 6) is 0.862. The van der Waals surface area contributed by atoms with E-state index < -0.39 is 0 Å². The Labute approximate surface area is 82.7 Å². The van der Waals surface area contributed by atoms with Crippen molar-refractivity contribution in [2.45, 2.75) is 39.2 Å². The van der Waals surface area contributed by atoms with Crippen molar-refractivity contribution >= 4 is 0 Å². The third-order valence-electron chi connectivity index (χ3n) is 2.79. The first-order valence-corrected chi connectivity index (χ1v) is 5.60. The maximum atomic E-state index is 3.58. The van der Waals surface area contributed by atoms with E-state index in [4.69, 9.17) is 0 Å². The van der Waals surface area contributed by atoms with E-state index in [1.54, 1.807) is 0 Å². The third kappa shape index (κ3) is 4.63. The summed E-state index contributed by atoms with van der Waals surface area (Å²) in [6.07, 6.45) is 4.10. The van der Waals surface area contributed by atoms with Crippen LogP contribution in [0.1, 0.15) is 33.1 Å². The van der Waals surface area contributed by atoms with E-state index in [9.17, 15) is 0 Å². The van der Waals surface area contributed by atoms with Crippen molar-refractivity contribution in [2.24, 2.45) is 5.92 Å². The number of hydrogen-bond donors (Lipinski definition) is 1. The topological polar surface area (TPSA) is 15.3 Å². The van der Waals surface area contributed by atoms with Crippen LogP contribution < -0.4 is 5.32 Å². The van der Waals surface area contributed by atoms with Crippen LogP contribution in [-0.4, -0.2) is 37.6 Å². The van der Waals surface area contributed by atoms with Crippen LogP contribution in [0, 0.1) is 5.92 Å². The van der Waals surface area contributed by atoms with Crippen LogP contribution in [0.3, 0.4) is 0 Å². The number of hydrogen-bond acceptors (Lipinski definition) is 2. The van der Waals surface area contributed by atoms with Crippen LogP contribution in [-0.2, 0) is 0 Å². The number of likely N-dealkylation sites (N-methyl/N-ethyl adjacent to an activating group) is 1. The fourth-order valence-electron chi connectivity index (χ4n) is 1.96. The van der Waals surface area contributed by atoms with E-state index in [-0.39, 0.29) is 0 Å². The van der Waals surface area contributed by atoms with Gasteiger partial charge in [0.15, 0.2) is 0 Å². The first-order chi connectivity index (χ1) is 6.18. The van der Waals surface area contributed by atoms with Crippen molar-refractivity contribution in [1.82, 2.24) is 10.2 Å². The summed E-state index contributed by atoms with van der Waals surface area (Å²) >= 11 is 0. The van der Waals surface area contributed by atoms with Gasteiger partial charge in [0, 0.05) is 25.7 Å². The summed E-state index contributed by atoms with van der Waals surface area (Å²) in [5, 5.41) is 3.58. The van der Waals surface area contributed by atoms with Gasteiger partial charge in [-0.1, -0.05) is 26.7 Å². The molecular weight excluding hydrogens is 160 g/mol. The second kappa shape index (κ2) is 5.61. The molecule has 1 atom stereocenters. The summed E-state index contributed by atoms with van der Waals surface area (Å²) in [5.41, 5.74) is 0. The van der Waals surface area contributed by atoms with Crippen LogP contribution in [0.5, 0.6) is 0 Å². The van der Waals surface area contributed by atoms with Crippen LogP contribution >= 0.6 is 0 Å². The predicted octanol–water partition coefficient (Wildman–Crippen LogP) is 1.72. The monoisotopic (exact) mass is 184 g/mol. The molecule has 1 N–H and O–H groups in total. The first kappa shape index (κ1) is 11.0. The number of nitrogens with one attached hydrogen (secondary N) is 1. The normalized spacial score (nSPS) is 25.4. The molecule has 1 saturated heterocycles. The van der Waals surface area contributed by atoms with Crippen molar-refractivity contribution in [1.29, 1.82) is 0 Å². The molecule has 1 fully saturated rings. The molecule has 2 heteroatoms. The first-order valence-electron chi connectivity index (χ1n) is 5.60. The van der Waals surface area contributed by atoms with Gasteiger partial charge < -0.3 is 10.2 Å². The van der Waals surface area contributed by atoms with Gasteiger partial charge in [-0.25, -0.2) is 0 Å². The van der Waals surface area contributed by atoms with E-state index >= 15 is 0 Å². The summed E-state index contributed by atoms with van der Waals surface area (Å²) in [6, 6.07) is 0.748. The molecule has 1 aliphatic rings. The Balaban J connectivity index is 2.06. The minimum Gasteiger partial charge on any atom is -0.311 e. The summed E-state index contributed by atoms with van der Waals surface area (Å²) in [4.78, 5) is 2.43. The highest BCUT2D eigenvalue weighted by atomic mass is 15.2. The largest absolute Gasteiger partial charge is 0.311 e. The van der Waals surface area contributed by atoms with Gasteiger partial charge in [-0.3, -0.25) is 0 Å². The molecule has 0 saturated carbocycles. The molecule has 1 heterocycles. The van der Waals surface area contributed by atoms with Gasteiger partial charge in [0.1, 0.15) is 0 Å². The molecule has 13 heavy (non-hydrogen) atoms. The fraction of sp³-hybridized carbons (Fsp3) is 1.00. The average molecular weight is 184 g/mol. The lowest BCUT2D eigenvalue weighted by Crippen LogP contribution is -2.48. The van der Waals surface area contributed by atoms with E-state index in [0.717, 1.165) is 12.0 Å². The third-order valence-corrected chi connectivity index (χ3v) is 2.79. The SMILES string of the molecule is CC(C)CCCC1CN(C)CCN1. The van der Waals surface area contributed by atoms with E-state index in [1.165, 1.54) is 38.9 Å². The van der Waals surface area contributed by atoms with Crippen molar-refractivity contribution in [2.75, 3.05) is 26.7 Å². The maximum Gasteiger partial charge on any atom is 0.0195 e. The summed E-state index contributed by atoms with van der Waals surface area (Å²) < 4.78 is 0. The highest BCUT2D eigenvalue weighted by molar-refractivity contribution is 4.76. The smallest absolute Gasteiger partial charge is 0.0195 e. The van der Waals surface area contributed by atoms with E-state index in [0.29, 0.717) is 0 Å². The quantitative estimate of drug-likeness (QED) is 0.715. The highest BCUT2D eigenvalue weighted by Crippen LogP contribution is 2.10. The Kier molecular flexibility index (Phi) is 4.74. The predicted molar refractivity (Wildman–Crippen MR) is 58.0 cm³/mol. The van der Waals surface area contributed by atoms with E-state index in [1.807, 2.05) is 0 Å². The van der Waals surface area contributed by atoms with Crippen LogP contribution in [0.15, 0.2) is 0 Å². The summed E-state index contributed by atoms with van der Waals surface area (Å²) in [7, 11) is 2.22. The zero-order valence-electron chi connectivity index (χ0n) is 9.34. The molecule has 0 aromatic heterocycles. The minimum absolute atomic E-state index is 0.748. The van der Waals surface area contributed by atoms with Gasteiger partial charge in [0.25, 0.3) is 0 Å². The van der Waals surface area contributed by atoms with Gasteiger partial charge in [-0.05, 0) is 19.4 Å². The number of nitrogens with zero attached hydrogens (tertiary/aromatic N) is 1. The van der Waals surface area contributed by atoms with Gasteiger partial charge in [-0.2, -0.15) is 0 Å². The van der Waals surface area contributed by atoms with Crippen LogP contribution in [0.4, 0.5) is 0 Å². The number of rotatable bonds is 4. The van der Waals surface area contributed by atoms with Crippen LogP contribution in [0.2, 0.25) is 0 Å². The Hall–Kier alpha value is -0.0800. The molecule has 1 unspecified atom stereocenters. The van der Waals surface area contributed by atoms with Crippen LogP contribution in [0.25, 0.3) is 0 Å². The summed E-state index contributed by atoms with van der Waals surface area (Å²) in [6.45, 7) is 8.22. The van der Waals surface area contributed by atoms with Crippen molar-refractivity contribution in [3.05, 3.63) is 0 Å². The molecule has 1 aliphatic heterocycles. The minimum atomic E-state index is 0.748. The Morgan fingerprint density at radius 1 is 1.46 bits per heavy atom. The van der Waals surface area contributed by atoms with Crippen molar-refractivity contribution in [3.63, 3.8) is 0 Å². The average Bonchev–Trinajstić information content (AvgIpc) is 2.03. The molecule has 0 aliphatic carbocycles. The zero-order valence-corrected chi connectivity index (χ0v) is 9.34. The molecule has 0 aromatic carbocycles. The molecule has 0 aromatic rings. The zero-order chi connectivity index (χ0) is 9.68.